The maximum atomic E-state index is 11.7. The van der Waals surface area contributed by atoms with Crippen molar-refractivity contribution in [1.29, 1.82) is 0 Å². The lowest BCUT2D eigenvalue weighted by Gasteiger charge is -2.24. The zero-order valence-corrected chi connectivity index (χ0v) is 14.9. The van der Waals surface area contributed by atoms with Gasteiger partial charge in [0, 0.05) is 13.1 Å². The van der Waals surface area contributed by atoms with E-state index in [1.54, 1.807) is 5.01 Å². The highest BCUT2D eigenvalue weighted by Gasteiger charge is 2.15. The minimum absolute atomic E-state index is 0.515. The summed E-state index contributed by atoms with van der Waals surface area (Å²) >= 11 is 0. The molecule has 5 heteroatoms. The van der Waals surface area contributed by atoms with Crippen LogP contribution in [-0.2, 0) is 23.1 Å². The fourth-order valence-corrected chi connectivity index (χ4v) is 3.41. The molecule has 124 valence electrons. The fourth-order valence-electron chi connectivity index (χ4n) is 2.81. The average Bonchev–Trinajstić information content (AvgIpc) is 2.42. The molecule has 0 amide bonds. The van der Waals surface area contributed by atoms with Crippen molar-refractivity contribution in [2.45, 2.75) is 33.9 Å². The Morgan fingerprint density at radius 2 is 1.52 bits per heavy atom. The van der Waals surface area contributed by atoms with E-state index in [1.165, 1.54) is 22.9 Å². The SMILES string of the molecule is Cc1cc(C)c(CN(Cc2ccccc2)NS(C)(=O)=O)c(C)c1. The molecule has 0 saturated carbocycles. The Balaban J connectivity index is 2.28. The summed E-state index contributed by atoms with van der Waals surface area (Å²) in [6.07, 6.45) is 1.18. The van der Waals surface area contributed by atoms with Gasteiger partial charge in [-0.25, -0.2) is 13.4 Å². The quantitative estimate of drug-likeness (QED) is 0.827. The molecule has 0 atom stereocenters. The molecule has 0 bridgehead atoms. The van der Waals surface area contributed by atoms with Crippen LogP contribution >= 0.6 is 0 Å². The molecule has 1 N–H and O–H groups in total. The second-order valence-electron chi connectivity index (χ2n) is 6.08. The Bertz CT molecular complexity index is 748. The molecule has 23 heavy (non-hydrogen) atoms. The molecule has 0 unspecified atom stereocenters. The summed E-state index contributed by atoms with van der Waals surface area (Å²) in [6.45, 7) is 7.24. The summed E-state index contributed by atoms with van der Waals surface area (Å²) < 4.78 is 23.4. The maximum Gasteiger partial charge on any atom is 0.221 e. The van der Waals surface area contributed by atoms with E-state index in [0.717, 1.165) is 11.1 Å². The van der Waals surface area contributed by atoms with Crippen LogP contribution < -0.4 is 4.83 Å². The predicted molar refractivity (Wildman–Crippen MR) is 94.3 cm³/mol. The van der Waals surface area contributed by atoms with Gasteiger partial charge < -0.3 is 0 Å². The molecule has 0 aliphatic carbocycles. The summed E-state index contributed by atoms with van der Waals surface area (Å²) in [7, 11) is -3.32. The number of sulfonamides is 1. The van der Waals surface area contributed by atoms with E-state index in [4.69, 9.17) is 0 Å². The van der Waals surface area contributed by atoms with Gasteiger partial charge in [-0.1, -0.05) is 48.0 Å². The van der Waals surface area contributed by atoms with Crippen molar-refractivity contribution in [1.82, 2.24) is 9.84 Å². The van der Waals surface area contributed by atoms with Gasteiger partial charge >= 0.3 is 0 Å². The summed E-state index contributed by atoms with van der Waals surface area (Å²) in [5.74, 6) is 0. The van der Waals surface area contributed by atoms with Crippen LogP contribution in [0.5, 0.6) is 0 Å². The number of hydrogen-bond acceptors (Lipinski definition) is 3. The van der Waals surface area contributed by atoms with E-state index in [0.29, 0.717) is 13.1 Å². The number of hydrazine groups is 1. The summed E-state index contributed by atoms with van der Waals surface area (Å²) in [6, 6.07) is 14.1. The third-order valence-corrected chi connectivity index (χ3v) is 4.29. The van der Waals surface area contributed by atoms with Crippen molar-refractivity contribution in [3.63, 3.8) is 0 Å². The molecule has 2 aromatic rings. The summed E-state index contributed by atoms with van der Waals surface area (Å²) in [5.41, 5.74) is 5.79. The van der Waals surface area contributed by atoms with Crippen LogP contribution in [0, 0.1) is 20.8 Å². The molecule has 0 heterocycles. The molecule has 0 saturated heterocycles. The Hall–Kier alpha value is -1.69. The lowest BCUT2D eigenvalue weighted by Crippen LogP contribution is -2.40. The average molecular weight is 332 g/mol. The van der Waals surface area contributed by atoms with Crippen molar-refractivity contribution < 1.29 is 8.42 Å². The minimum Gasteiger partial charge on any atom is -0.222 e. The highest BCUT2D eigenvalue weighted by Crippen LogP contribution is 2.19. The fraction of sp³-hybridized carbons (Fsp3) is 0.333. The second kappa shape index (κ2) is 7.25. The van der Waals surface area contributed by atoms with Crippen LogP contribution in [0.3, 0.4) is 0 Å². The highest BCUT2D eigenvalue weighted by atomic mass is 32.2. The van der Waals surface area contributed by atoms with Gasteiger partial charge in [-0.05, 0) is 43.0 Å². The second-order valence-corrected chi connectivity index (χ2v) is 7.81. The third kappa shape index (κ3) is 5.46. The molecule has 0 fully saturated rings. The van der Waals surface area contributed by atoms with Crippen molar-refractivity contribution in [2.24, 2.45) is 0 Å². The van der Waals surface area contributed by atoms with Crippen molar-refractivity contribution in [2.75, 3.05) is 6.26 Å². The number of aryl methyl sites for hydroxylation is 3. The Labute approximate surface area is 139 Å². The molecular weight excluding hydrogens is 308 g/mol. The lowest BCUT2D eigenvalue weighted by molar-refractivity contribution is 0.222. The van der Waals surface area contributed by atoms with E-state index in [9.17, 15) is 8.42 Å². The molecule has 4 nitrogen and oxygen atoms in total. The van der Waals surface area contributed by atoms with Crippen LogP contribution in [0.1, 0.15) is 27.8 Å². The van der Waals surface area contributed by atoms with E-state index < -0.39 is 10.0 Å². The lowest BCUT2D eigenvalue weighted by atomic mass is 9.99. The van der Waals surface area contributed by atoms with Crippen LogP contribution in [0.15, 0.2) is 42.5 Å². The Kier molecular flexibility index (Phi) is 5.57. The number of rotatable bonds is 6. The Morgan fingerprint density at radius 1 is 0.957 bits per heavy atom. The van der Waals surface area contributed by atoms with E-state index in [1.807, 2.05) is 30.3 Å². The van der Waals surface area contributed by atoms with Crippen LogP contribution in [0.4, 0.5) is 0 Å². The predicted octanol–water partition coefficient (Wildman–Crippen LogP) is 3.08. The van der Waals surface area contributed by atoms with Gasteiger partial charge in [-0.3, -0.25) is 0 Å². The minimum atomic E-state index is -3.32. The van der Waals surface area contributed by atoms with Crippen LogP contribution in [0.2, 0.25) is 0 Å². The van der Waals surface area contributed by atoms with Crippen LogP contribution in [-0.4, -0.2) is 19.7 Å². The van der Waals surface area contributed by atoms with E-state index in [-0.39, 0.29) is 0 Å². The molecule has 0 aliphatic heterocycles. The van der Waals surface area contributed by atoms with Crippen molar-refractivity contribution >= 4 is 10.0 Å². The number of benzene rings is 2. The highest BCUT2D eigenvalue weighted by molar-refractivity contribution is 7.88. The molecular formula is C18H24N2O2S. The standard InChI is InChI=1S/C18H24N2O2S/c1-14-10-15(2)18(16(3)11-14)13-20(19-23(4,21)22)12-17-8-6-5-7-9-17/h5-11,19H,12-13H2,1-4H3. The van der Waals surface area contributed by atoms with Gasteiger partial charge in [-0.2, -0.15) is 0 Å². The first kappa shape index (κ1) is 17.7. The number of nitrogens with one attached hydrogen (secondary N) is 1. The van der Waals surface area contributed by atoms with Crippen LogP contribution in [0.25, 0.3) is 0 Å². The zero-order chi connectivity index (χ0) is 17.0. The van der Waals surface area contributed by atoms with Gasteiger partial charge in [-0.15, -0.1) is 4.83 Å². The third-order valence-electron chi connectivity index (χ3n) is 3.70. The zero-order valence-electron chi connectivity index (χ0n) is 14.1. The largest absolute Gasteiger partial charge is 0.222 e. The number of nitrogens with zero attached hydrogens (tertiary/aromatic N) is 1. The molecule has 0 aromatic heterocycles. The maximum absolute atomic E-state index is 11.7. The first-order chi connectivity index (χ1) is 10.7. The summed E-state index contributed by atoms with van der Waals surface area (Å²) in [5, 5.41) is 1.75. The topological polar surface area (TPSA) is 49.4 Å². The van der Waals surface area contributed by atoms with Crippen molar-refractivity contribution in [3.8, 4) is 0 Å². The first-order valence-corrected chi connectivity index (χ1v) is 9.47. The number of hydrogen-bond donors (Lipinski definition) is 1. The smallest absolute Gasteiger partial charge is 0.221 e. The molecule has 0 aliphatic rings. The molecule has 0 radical (unpaired) electrons. The van der Waals surface area contributed by atoms with Crippen molar-refractivity contribution in [3.05, 3.63) is 70.3 Å². The van der Waals surface area contributed by atoms with Gasteiger partial charge in [0.1, 0.15) is 0 Å². The Morgan fingerprint density at radius 3 is 2.04 bits per heavy atom. The van der Waals surface area contributed by atoms with Gasteiger partial charge in [0.15, 0.2) is 0 Å². The normalized spacial score (nSPS) is 11.9. The van der Waals surface area contributed by atoms with E-state index >= 15 is 0 Å². The first-order valence-electron chi connectivity index (χ1n) is 7.57. The summed E-state index contributed by atoms with van der Waals surface area (Å²) in [4.78, 5) is 2.63. The van der Waals surface area contributed by atoms with Gasteiger partial charge in [0.2, 0.25) is 10.0 Å². The monoisotopic (exact) mass is 332 g/mol. The van der Waals surface area contributed by atoms with Gasteiger partial charge in [0.05, 0.1) is 6.26 Å². The molecule has 0 spiro atoms. The molecule has 2 rings (SSSR count). The van der Waals surface area contributed by atoms with E-state index in [2.05, 4.69) is 37.7 Å². The molecule has 2 aromatic carbocycles. The van der Waals surface area contributed by atoms with Gasteiger partial charge in [0.25, 0.3) is 0 Å².